The second kappa shape index (κ2) is 13.1. The van der Waals surface area contributed by atoms with Crippen molar-refractivity contribution in [2.24, 2.45) is 5.92 Å². The number of alkyl carbamates (subject to hydrolysis) is 1. The van der Waals surface area contributed by atoms with Crippen LogP contribution in [0.3, 0.4) is 0 Å². The van der Waals surface area contributed by atoms with Gasteiger partial charge in [-0.3, -0.25) is 14.4 Å². The molecule has 1 aromatic carbocycles. The largest absolute Gasteiger partial charge is 0.444 e. The molecule has 9 heteroatoms. The van der Waals surface area contributed by atoms with Gasteiger partial charge < -0.3 is 25.4 Å². The highest BCUT2D eigenvalue weighted by Crippen LogP contribution is 2.22. The third-order valence-electron chi connectivity index (χ3n) is 4.91. The van der Waals surface area contributed by atoms with Crippen molar-refractivity contribution in [1.82, 2.24) is 15.5 Å². The number of aliphatic hydroxyl groups excluding tert-OH is 1. The number of amides is 3. The highest BCUT2D eigenvalue weighted by Gasteiger charge is 2.31. The normalized spacial score (nSPS) is 14.0. The first-order valence-electron chi connectivity index (χ1n) is 11.4. The van der Waals surface area contributed by atoms with E-state index in [4.69, 9.17) is 4.74 Å². The summed E-state index contributed by atoms with van der Waals surface area (Å²) in [5.74, 6) is -1.96. The Labute approximate surface area is 202 Å². The Morgan fingerprint density at radius 2 is 1.65 bits per heavy atom. The molecule has 0 aliphatic heterocycles. The molecule has 0 saturated heterocycles. The molecule has 0 heterocycles. The molecule has 0 fully saturated rings. The maximum absolute atomic E-state index is 12.6. The van der Waals surface area contributed by atoms with Crippen molar-refractivity contribution in [3.63, 3.8) is 0 Å². The summed E-state index contributed by atoms with van der Waals surface area (Å²) in [6.07, 6.45) is -2.08. The number of benzene rings is 1. The number of nitrogens with one attached hydrogen (secondary N) is 2. The van der Waals surface area contributed by atoms with E-state index in [-0.39, 0.29) is 30.6 Å². The Kier molecular flexibility index (Phi) is 11.2. The molecule has 0 radical (unpaired) electrons. The molecular formula is C25H39N3O6. The lowest BCUT2D eigenvalue weighted by atomic mass is 9.92. The summed E-state index contributed by atoms with van der Waals surface area (Å²) in [5, 5.41) is 15.5. The number of carbonyl (C=O) groups excluding carboxylic acids is 4. The number of likely N-dealkylation sites (N-methyl/N-ethyl adjacent to an activating group) is 1. The van der Waals surface area contributed by atoms with Gasteiger partial charge in [0, 0.05) is 20.5 Å². The maximum atomic E-state index is 12.6. The molecule has 190 valence electrons. The molecule has 34 heavy (non-hydrogen) atoms. The van der Waals surface area contributed by atoms with Gasteiger partial charge in [0.2, 0.25) is 5.91 Å². The van der Waals surface area contributed by atoms with Gasteiger partial charge in [-0.15, -0.1) is 0 Å². The number of rotatable bonds is 11. The average molecular weight is 478 g/mol. The molecule has 3 atom stereocenters. The standard InChI is InChI=1S/C25H39N3O6/c1-16(2)13-20(27-24(33)34-25(3,4)5)21(30)22(31)26-15-18(29)14-19(23(32)28(6)7)17-11-9-8-10-12-17/h8-12,16,19-21,30H,13-15H2,1-7H3,(H,26,31)(H,27,33)/t19-,20?,21?/m0/s1. The highest BCUT2D eigenvalue weighted by atomic mass is 16.6. The fourth-order valence-corrected chi connectivity index (χ4v) is 3.35. The number of aliphatic hydroxyl groups is 1. The van der Waals surface area contributed by atoms with Crippen molar-refractivity contribution in [2.75, 3.05) is 20.6 Å². The number of Topliss-reactive ketones (excluding diaryl/α,β-unsaturated/α-hetero) is 1. The lowest BCUT2D eigenvalue weighted by Gasteiger charge is -2.27. The molecule has 0 saturated carbocycles. The molecule has 0 spiro atoms. The molecule has 1 rings (SSSR count). The number of hydrogen-bond donors (Lipinski definition) is 3. The third kappa shape index (κ3) is 10.3. The monoisotopic (exact) mass is 477 g/mol. The summed E-state index contributed by atoms with van der Waals surface area (Å²) in [5.41, 5.74) is -0.0229. The molecule has 0 aromatic heterocycles. The van der Waals surface area contributed by atoms with Gasteiger partial charge in [0.15, 0.2) is 11.9 Å². The molecule has 2 unspecified atom stereocenters. The van der Waals surface area contributed by atoms with Gasteiger partial charge in [-0.25, -0.2) is 4.79 Å². The summed E-state index contributed by atoms with van der Waals surface area (Å²) in [6, 6.07) is 8.07. The van der Waals surface area contributed by atoms with E-state index in [1.807, 2.05) is 19.9 Å². The molecular weight excluding hydrogens is 438 g/mol. The zero-order valence-electron chi connectivity index (χ0n) is 21.3. The smallest absolute Gasteiger partial charge is 0.407 e. The minimum atomic E-state index is -1.57. The van der Waals surface area contributed by atoms with Crippen LogP contribution in [0.25, 0.3) is 0 Å². The minimum absolute atomic E-state index is 0.0766. The second-order valence-electron chi connectivity index (χ2n) is 9.98. The van der Waals surface area contributed by atoms with Crippen molar-refractivity contribution in [1.29, 1.82) is 0 Å². The average Bonchev–Trinajstić information content (AvgIpc) is 2.73. The van der Waals surface area contributed by atoms with Crippen LogP contribution in [0.2, 0.25) is 0 Å². The maximum Gasteiger partial charge on any atom is 0.407 e. The summed E-state index contributed by atoms with van der Waals surface area (Å²) in [6.45, 7) is 8.57. The van der Waals surface area contributed by atoms with Crippen molar-refractivity contribution in [3.05, 3.63) is 35.9 Å². The van der Waals surface area contributed by atoms with Crippen LogP contribution in [0.15, 0.2) is 30.3 Å². The van der Waals surface area contributed by atoms with Crippen molar-refractivity contribution >= 4 is 23.7 Å². The molecule has 0 aliphatic rings. The number of hydrogen-bond acceptors (Lipinski definition) is 6. The highest BCUT2D eigenvalue weighted by molar-refractivity contribution is 5.93. The van der Waals surface area contributed by atoms with Gasteiger partial charge in [0.1, 0.15) is 5.60 Å². The first kappa shape index (κ1) is 29.1. The van der Waals surface area contributed by atoms with Crippen LogP contribution in [0, 0.1) is 5.92 Å². The Morgan fingerprint density at radius 3 is 2.15 bits per heavy atom. The Balaban J connectivity index is 2.79. The van der Waals surface area contributed by atoms with E-state index in [0.29, 0.717) is 12.0 Å². The predicted octanol–water partition coefficient (Wildman–Crippen LogP) is 2.23. The zero-order valence-corrected chi connectivity index (χ0v) is 21.3. The molecule has 0 bridgehead atoms. The Bertz CT molecular complexity index is 833. The van der Waals surface area contributed by atoms with Gasteiger partial charge in [0.05, 0.1) is 18.5 Å². The van der Waals surface area contributed by atoms with Crippen LogP contribution < -0.4 is 10.6 Å². The van der Waals surface area contributed by atoms with Crippen LogP contribution in [-0.2, 0) is 19.1 Å². The molecule has 3 N–H and O–H groups in total. The van der Waals surface area contributed by atoms with E-state index in [1.165, 1.54) is 4.90 Å². The predicted molar refractivity (Wildman–Crippen MR) is 129 cm³/mol. The van der Waals surface area contributed by atoms with E-state index in [9.17, 15) is 24.3 Å². The van der Waals surface area contributed by atoms with Gasteiger partial charge >= 0.3 is 6.09 Å². The SMILES string of the molecule is CC(C)CC(NC(=O)OC(C)(C)C)C(O)C(=O)NCC(=O)C[C@H](C(=O)N(C)C)c1ccccc1. The Hall–Kier alpha value is -2.94. The summed E-state index contributed by atoms with van der Waals surface area (Å²) in [4.78, 5) is 51.3. The lowest BCUT2D eigenvalue weighted by Crippen LogP contribution is -2.52. The van der Waals surface area contributed by atoms with Gasteiger partial charge in [0.25, 0.3) is 5.91 Å². The number of ketones is 1. The topological polar surface area (TPSA) is 125 Å². The first-order valence-corrected chi connectivity index (χ1v) is 11.4. The van der Waals surface area contributed by atoms with Crippen molar-refractivity contribution in [2.45, 2.75) is 71.1 Å². The summed E-state index contributed by atoms with van der Waals surface area (Å²) in [7, 11) is 3.24. The quantitative estimate of drug-likeness (QED) is 0.449. The van der Waals surface area contributed by atoms with E-state index in [0.717, 1.165) is 0 Å². The molecule has 3 amide bonds. The number of ether oxygens (including phenoxy) is 1. The van der Waals surface area contributed by atoms with E-state index >= 15 is 0 Å². The lowest BCUT2D eigenvalue weighted by molar-refractivity contribution is -0.134. The Morgan fingerprint density at radius 1 is 1.06 bits per heavy atom. The summed E-state index contributed by atoms with van der Waals surface area (Å²) < 4.78 is 5.22. The molecule has 1 aromatic rings. The molecule has 0 aliphatic carbocycles. The van der Waals surface area contributed by atoms with Crippen LogP contribution in [0.4, 0.5) is 4.79 Å². The molecule has 9 nitrogen and oxygen atoms in total. The third-order valence-corrected chi connectivity index (χ3v) is 4.91. The van der Waals surface area contributed by atoms with E-state index in [1.54, 1.807) is 59.1 Å². The van der Waals surface area contributed by atoms with Gasteiger partial charge in [-0.05, 0) is 38.7 Å². The van der Waals surface area contributed by atoms with E-state index < -0.39 is 35.7 Å². The van der Waals surface area contributed by atoms with Crippen molar-refractivity contribution in [3.8, 4) is 0 Å². The zero-order chi connectivity index (χ0) is 26.1. The van der Waals surface area contributed by atoms with Crippen LogP contribution >= 0.6 is 0 Å². The fourth-order valence-electron chi connectivity index (χ4n) is 3.35. The van der Waals surface area contributed by atoms with Crippen LogP contribution in [0.5, 0.6) is 0 Å². The van der Waals surface area contributed by atoms with Crippen molar-refractivity contribution < 1.29 is 29.0 Å². The number of nitrogens with zero attached hydrogens (tertiary/aromatic N) is 1. The van der Waals surface area contributed by atoms with Crippen LogP contribution in [0.1, 0.15) is 58.9 Å². The fraction of sp³-hybridized carbons (Fsp3) is 0.600. The van der Waals surface area contributed by atoms with Gasteiger partial charge in [-0.2, -0.15) is 0 Å². The van der Waals surface area contributed by atoms with E-state index in [2.05, 4.69) is 10.6 Å². The van der Waals surface area contributed by atoms with Crippen LogP contribution in [-0.4, -0.2) is 72.1 Å². The number of carbonyl (C=O) groups is 4. The van der Waals surface area contributed by atoms with Gasteiger partial charge in [-0.1, -0.05) is 44.2 Å². The first-order chi connectivity index (χ1) is 15.7. The second-order valence-corrected chi connectivity index (χ2v) is 9.98. The minimum Gasteiger partial charge on any atom is -0.444 e. The summed E-state index contributed by atoms with van der Waals surface area (Å²) >= 11 is 0.